The van der Waals surface area contributed by atoms with Gasteiger partial charge in [0.25, 0.3) is 5.91 Å². The van der Waals surface area contributed by atoms with Crippen molar-refractivity contribution in [3.63, 3.8) is 0 Å². The molecular weight excluding hydrogens is 472 g/mol. The third kappa shape index (κ3) is 4.93. The molecule has 9 heteroatoms. The Morgan fingerprint density at radius 1 is 1.00 bits per heavy atom. The number of pyridine rings is 1. The molecule has 0 saturated carbocycles. The molecule has 0 radical (unpaired) electrons. The summed E-state index contributed by atoms with van der Waals surface area (Å²) in [5.41, 5.74) is 10.3. The number of fused-ring (bicyclic) bond motifs is 1. The summed E-state index contributed by atoms with van der Waals surface area (Å²) < 4.78 is 1.09. The van der Waals surface area contributed by atoms with Crippen molar-refractivity contribution in [3.05, 3.63) is 66.4 Å². The summed E-state index contributed by atoms with van der Waals surface area (Å²) in [7, 11) is 3.52. The van der Waals surface area contributed by atoms with E-state index in [1.165, 1.54) is 0 Å². The van der Waals surface area contributed by atoms with Crippen LogP contribution in [-0.4, -0.2) is 83.3 Å². The minimum atomic E-state index is -0.00904. The number of carbonyl (C=O) groups excluding carboxylic acids is 2. The fourth-order valence-electron chi connectivity index (χ4n) is 4.25. The highest BCUT2D eigenvalue weighted by Crippen LogP contribution is 2.35. The van der Waals surface area contributed by atoms with E-state index >= 15 is 0 Å². The van der Waals surface area contributed by atoms with Crippen molar-refractivity contribution >= 4 is 39.2 Å². The monoisotopic (exact) mass is 500 g/mol. The molecule has 2 aromatic carbocycles. The molecule has 184 valence electrons. The Kier molecular flexibility index (Phi) is 6.67. The van der Waals surface area contributed by atoms with Crippen molar-refractivity contribution in [1.29, 1.82) is 0 Å². The number of anilines is 1. The van der Waals surface area contributed by atoms with Gasteiger partial charge < -0.3 is 15.5 Å². The van der Waals surface area contributed by atoms with E-state index in [4.69, 9.17) is 10.7 Å². The van der Waals surface area contributed by atoms with E-state index in [0.29, 0.717) is 44.1 Å². The Morgan fingerprint density at radius 3 is 2.53 bits per heavy atom. The topological polar surface area (TPSA) is 95.7 Å². The van der Waals surface area contributed by atoms with Gasteiger partial charge in [0.05, 0.1) is 22.3 Å². The molecule has 2 amide bonds. The van der Waals surface area contributed by atoms with Gasteiger partial charge in [-0.1, -0.05) is 24.3 Å². The van der Waals surface area contributed by atoms with E-state index in [2.05, 4.69) is 9.88 Å². The quantitative estimate of drug-likeness (QED) is 0.451. The first-order valence-electron chi connectivity index (χ1n) is 11.8. The molecule has 2 N–H and O–H groups in total. The number of para-hydroxylation sites is 1. The molecule has 0 unspecified atom stereocenters. The number of piperazine rings is 1. The van der Waals surface area contributed by atoms with Crippen LogP contribution in [0.1, 0.15) is 10.4 Å². The maximum Gasteiger partial charge on any atom is 0.253 e. The summed E-state index contributed by atoms with van der Waals surface area (Å²) in [5.74, 6) is 0.491. The Labute approximate surface area is 214 Å². The van der Waals surface area contributed by atoms with Crippen LogP contribution in [0.5, 0.6) is 0 Å². The molecule has 0 atom stereocenters. The predicted octanol–water partition coefficient (Wildman–Crippen LogP) is 3.45. The van der Waals surface area contributed by atoms with E-state index in [0.717, 1.165) is 31.9 Å². The third-order valence-electron chi connectivity index (χ3n) is 6.40. The zero-order chi connectivity index (χ0) is 25.2. The summed E-state index contributed by atoms with van der Waals surface area (Å²) in [4.78, 5) is 39.9. The molecule has 1 saturated heterocycles. The summed E-state index contributed by atoms with van der Waals surface area (Å²) in [6.07, 6.45) is 1.73. The van der Waals surface area contributed by atoms with Crippen molar-refractivity contribution < 1.29 is 9.59 Å². The number of hydrogen-bond acceptors (Lipinski definition) is 7. The van der Waals surface area contributed by atoms with E-state index < -0.39 is 0 Å². The Bertz CT molecular complexity index is 1390. The van der Waals surface area contributed by atoms with Gasteiger partial charge in [-0.3, -0.25) is 14.5 Å². The van der Waals surface area contributed by atoms with Crippen LogP contribution in [0.4, 0.5) is 5.82 Å². The Hall–Kier alpha value is -3.82. The first-order valence-corrected chi connectivity index (χ1v) is 12.6. The van der Waals surface area contributed by atoms with Crippen molar-refractivity contribution in [2.45, 2.75) is 0 Å². The summed E-state index contributed by atoms with van der Waals surface area (Å²) in [6.45, 7) is 2.92. The summed E-state index contributed by atoms with van der Waals surface area (Å²) in [6, 6.07) is 17.6. The van der Waals surface area contributed by atoms with Gasteiger partial charge in [0, 0.05) is 57.6 Å². The molecule has 1 aliphatic rings. The predicted molar refractivity (Wildman–Crippen MR) is 144 cm³/mol. The van der Waals surface area contributed by atoms with Crippen molar-refractivity contribution in [2.75, 3.05) is 52.6 Å². The number of benzene rings is 2. The van der Waals surface area contributed by atoms with Crippen molar-refractivity contribution in [1.82, 2.24) is 24.7 Å². The molecule has 0 spiro atoms. The smallest absolute Gasteiger partial charge is 0.253 e. The van der Waals surface area contributed by atoms with Crippen LogP contribution in [0.3, 0.4) is 0 Å². The SMILES string of the molecule is CN(C)C(=O)CN1CCN(C(=O)c2cccc(-c3cnc(N)c(-c4nc5ccccc5s4)c3)c2)CC1. The molecule has 3 heterocycles. The van der Waals surface area contributed by atoms with Gasteiger partial charge in [-0.25, -0.2) is 9.97 Å². The number of nitrogen functional groups attached to an aromatic ring is 1. The fourth-order valence-corrected chi connectivity index (χ4v) is 5.24. The number of nitrogens with two attached hydrogens (primary N) is 1. The van der Waals surface area contributed by atoms with Gasteiger partial charge in [0.2, 0.25) is 5.91 Å². The lowest BCUT2D eigenvalue weighted by molar-refractivity contribution is -0.130. The lowest BCUT2D eigenvalue weighted by atomic mass is 10.0. The largest absolute Gasteiger partial charge is 0.383 e. The molecule has 8 nitrogen and oxygen atoms in total. The van der Waals surface area contributed by atoms with Crippen LogP contribution in [0.25, 0.3) is 31.9 Å². The number of hydrogen-bond donors (Lipinski definition) is 1. The highest BCUT2D eigenvalue weighted by molar-refractivity contribution is 7.21. The van der Waals surface area contributed by atoms with Crippen LogP contribution in [0.15, 0.2) is 60.8 Å². The number of likely N-dealkylation sites (N-methyl/N-ethyl adjacent to an activating group) is 1. The third-order valence-corrected chi connectivity index (χ3v) is 7.47. The Balaban J connectivity index is 1.34. The second-order valence-corrected chi connectivity index (χ2v) is 10.1. The number of rotatable bonds is 5. The molecule has 0 aliphatic carbocycles. The highest BCUT2D eigenvalue weighted by Gasteiger charge is 2.24. The van der Waals surface area contributed by atoms with Crippen LogP contribution in [-0.2, 0) is 4.79 Å². The molecule has 36 heavy (non-hydrogen) atoms. The molecule has 1 fully saturated rings. The molecule has 5 rings (SSSR count). The normalized spacial score (nSPS) is 14.2. The van der Waals surface area contributed by atoms with E-state index in [1.54, 1.807) is 36.5 Å². The lowest BCUT2D eigenvalue weighted by Gasteiger charge is -2.34. The summed E-state index contributed by atoms with van der Waals surface area (Å²) in [5, 5.41) is 0.820. The number of amides is 2. The summed E-state index contributed by atoms with van der Waals surface area (Å²) >= 11 is 1.58. The van der Waals surface area contributed by atoms with Gasteiger partial charge >= 0.3 is 0 Å². The second-order valence-electron chi connectivity index (χ2n) is 9.08. The molecule has 1 aliphatic heterocycles. The van der Waals surface area contributed by atoms with E-state index in [1.807, 2.05) is 59.5 Å². The van der Waals surface area contributed by atoms with E-state index in [-0.39, 0.29) is 11.8 Å². The average molecular weight is 501 g/mol. The van der Waals surface area contributed by atoms with Gasteiger partial charge in [-0.2, -0.15) is 0 Å². The van der Waals surface area contributed by atoms with Crippen molar-refractivity contribution in [3.8, 4) is 21.7 Å². The number of nitrogens with zero attached hydrogens (tertiary/aromatic N) is 5. The fraction of sp³-hybridized carbons (Fsp3) is 0.259. The minimum absolute atomic E-state index is 0.00904. The van der Waals surface area contributed by atoms with Crippen LogP contribution < -0.4 is 5.73 Å². The number of thiazole rings is 1. The van der Waals surface area contributed by atoms with E-state index in [9.17, 15) is 9.59 Å². The van der Waals surface area contributed by atoms with Gasteiger partial charge in [-0.05, 0) is 35.9 Å². The highest BCUT2D eigenvalue weighted by atomic mass is 32.1. The van der Waals surface area contributed by atoms with Gasteiger partial charge in [0.15, 0.2) is 0 Å². The van der Waals surface area contributed by atoms with Crippen LogP contribution >= 0.6 is 11.3 Å². The average Bonchev–Trinajstić information content (AvgIpc) is 3.33. The van der Waals surface area contributed by atoms with Crippen LogP contribution in [0, 0.1) is 0 Å². The van der Waals surface area contributed by atoms with Gasteiger partial charge in [-0.15, -0.1) is 11.3 Å². The molecule has 2 aromatic heterocycles. The zero-order valence-electron chi connectivity index (χ0n) is 20.3. The van der Waals surface area contributed by atoms with Crippen molar-refractivity contribution in [2.24, 2.45) is 0 Å². The molecule has 4 aromatic rings. The minimum Gasteiger partial charge on any atom is -0.383 e. The zero-order valence-corrected chi connectivity index (χ0v) is 21.2. The molecule has 0 bridgehead atoms. The number of aromatic nitrogens is 2. The first-order chi connectivity index (χ1) is 17.4. The second kappa shape index (κ2) is 10.0. The maximum absolute atomic E-state index is 13.3. The van der Waals surface area contributed by atoms with Crippen LogP contribution in [0.2, 0.25) is 0 Å². The standard InChI is InChI=1S/C27H28N6O2S/c1-31(2)24(34)17-32-10-12-33(13-11-32)27(35)19-7-5-6-18(14-19)20-15-21(25(28)29-16-20)26-30-22-8-3-4-9-23(22)36-26/h3-9,14-16H,10-13,17H2,1-2H3,(H2,28,29). The maximum atomic E-state index is 13.3. The molecular formula is C27H28N6O2S. The number of carbonyl (C=O) groups is 2. The lowest BCUT2D eigenvalue weighted by Crippen LogP contribution is -2.51. The first kappa shape index (κ1) is 23.9. The van der Waals surface area contributed by atoms with Gasteiger partial charge in [0.1, 0.15) is 10.8 Å². The Morgan fingerprint density at radius 2 is 1.78 bits per heavy atom.